The number of nitrogens with zero attached hydrogens (tertiary/aromatic N) is 1. The highest BCUT2D eigenvalue weighted by molar-refractivity contribution is 8.18. The van der Waals surface area contributed by atoms with Crippen molar-refractivity contribution in [1.82, 2.24) is 9.88 Å². The van der Waals surface area contributed by atoms with Gasteiger partial charge in [0.25, 0.3) is 11.1 Å². The molecule has 2 amide bonds. The molecule has 1 aliphatic heterocycles. The van der Waals surface area contributed by atoms with Gasteiger partial charge in [0.1, 0.15) is 12.4 Å². The van der Waals surface area contributed by atoms with Crippen LogP contribution in [0.1, 0.15) is 34.0 Å². The fourth-order valence-corrected chi connectivity index (χ4v) is 4.77. The van der Waals surface area contributed by atoms with Gasteiger partial charge in [-0.1, -0.05) is 42.5 Å². The highest BCUT2D eigenvalue weighted by atomic mass is 32.2. The molecule has 7 nitrogen and oxygen atoms in total. The molecule has 1 fully saturated rings. The Kier molecular flexibility index (Phi) is 7.09. The van der Waals surface area contributed by atoms with Crippen molar-refractivity contribution < 1.29 is 23.9 Å². The number of carbonyl (C=O) groups excluding carboxylic acids is 3. The predicted octanol–water partition coefficient (Wildman–Crippen LogP) is 5.77. The molecule has 2 heterocycles. The van der Waals surface area contributed by atoms with Gasteiger partial charge in [0.2, 0.25) is 0 Å². The van der Waals surface area contributed by atoms with Crippen molar-refractivity contribution >= 4 is 45.9 Å². The van der Waals surface area contributed by atoms with Gasteiger partial charge in [0.05, 0.1) is 17.1 Å². The molecule has 5 rings (SSSR count). The van der Waals surface area contributed by atoms with Crippen LogP contribution in [0.15, 0.2) is 83.9 Å². The first-order valence-corrected chi connectivity index (χ1v) is 12.6. The first kappa shape index (κ1) is 24.4. The van der Waals surface area contributed by atoms with Crippen LogP contribution in [-0.2, 0) is 22.7 Å². The molecule has 186 valence electrons. The molecule has 1 aliphatic rings. The van der Waals surface area contributed by atoms with E-state index in [1.165, 1.54) is 0 Å². The summed E-state index contributed by atoms with van der Waals surface area (Å²) in [5.41, 5.74) is 4.31. The van der Waals surface area contributed by atoms with E-state index in [9.17, 15) is 14.4 Å². The third-order valence-corrected chi connectivity index (χ3v) is 6.69. The van der Waals surface area contributed by atoms with Crippen molar-refractivity contribution in [1.29, 1.82) is 0 Å². The largest absolute Gasteiger partial charge is 0.489 e. The molecule has 0 bridgehead atoms. The van der Waals surface area contributed by atoms with Crippen molar-refractivity contribution in [2.45, 2.75) is 20.1 Å². The Morgan fingerprint density at radius 3 is 2.49 bits per heavy atom. The van der Waals surface area contributed by atoms with Crippen LogP contribution in [0.4, 0.5) is 4.79 Å². The maximum absolute atomic E-state index is 12.2. The molecular formula is C29H24N2O5S. The topological polar surface area (TPSA) is 86.6 Å². The maximum Gasteiger partial charge on any atom is 0.338 e. The molecule has 1 N–H and O–H groups in total. The molecule has 0 aliphatic carbocycles. The number of imide groups is 1. The number of hydrogen-bond acceptors (Lipinski definition) is 6. The van der Waals surface area contributed by atoms with Crippen LogP contribution in [0, 0.1) is 0 Å². The quantitative estimate of drug-likeness (QED) is 0.238. The lowest BCUT2D eigenvalue weighted by atomic mass is 10.1. The maximum atomic E-state index is 12.2. The number of aromatic nitrogens is 1. The minimum Gasteiger partial charge on any atom is -0.489 e. The predicted molar refractivity (Wildman–Crippen MR) is 143 cm³/mol. The zero-order valence-electron chi connectivity index (χ0n) is 20.1. The number of fused-ring (bicyclic) bond motifs is 1. The first-order valence-electron chi connectivity index (χ1n) is 11.8. The fraction of sp³-hybridized carbons (Fsp3) is 0.138. The van der Waals surface area contributed by atoms with Gasteiger partial charge in [-0.3, -0.25) is 14.9 Å². The molecule has 1 saturated heterocycles. The lowest BCUT2D eigenvalue weighted by Crippen LogP contribution is -2.17. The molecular weight excluding hydrogens is 488 g/mol. The lowest BCUT2D eigenvalue weighted by Gasteiger charge is -2.09. The number of rotatable bonds is 8. The summed E-state index contributed by atoms with van der Waals surface area (Å²) < 4.78 is 13.2. The number of nitrogens with one attached hydrogen (secondary N) is 1. The second kappa shape index (κ2) is 10.8. The van der Waals surface area contributed by atoms with Crippen LogP contribution in [0.2, 0.25) is 0 Å². The van der Waals surface area contributed by atoms with Gasteiger partial charge >= 0.3 is 5.97 Å². The number of amides is 2. The third-order valence-electron chi connectivity index (χ3n) is 5.88. The molecule has 0 saturated carbocycles. The smallest absolute Gasteiger partial charge is 0.338 e. The summed E-state index contributed by atoms with van der Waals surface area (Å²) in [5, 5.41) is 2.82. The van der Waals surface area contributed by atoms with Crippen LogP contribution in [-0.4, -0.2) is 28.3 Å². The molecule has 0 radical (unpaired) electrons. The number of carbonyl (C=O) groups is 3. The SMILES string of the molecule is CCOC(=O)c1ccc(Cn2cc(/C=C3/SC(=O)NC3=O)c3cc(OCc4ccccc4)ccc32)cc1. The molecule has 8 heteroatoms. The average Bonchev–Trinajstić information content (AvgIpc) is 3.41. The van der Waals surface area contributed by atoms with Crippen molar-refractivity contribution in [3.8, 4) is 5.75 Å². The van der Waals surface area contributed by atoms with Gasteiger partial charge in [-0.05, 0) is 66.2 Å². The Morgan fingerprint density at radius 1 is 1.00 bits per heavy atom. The van der Waals surface area contributed by atoms with E-state index >= 15 is 0 Å². The second-order valence-corrected chi connectivity index (χ2v) is 9.45. The van der Waals surface area contributed by atoms with E-state index < -0.39 is 5.91 Å². The van der Waals surface area contributed by atoms with E-state index in [4.69, 9.17) is 9.47 Å². The van der Waals surface area contributed by atoms with Crippen LogP contribution in [0.5, 0.6) is 5.75 Å². The number of ether oxygens (including phenoxy) is 2. The van der Waals surface area contributed by atoms with Gasteiger partial charge in [-0.15, -0.1) is 0 Å². The summed E-state index contributed by atoms with van der Waals surface area (Å²) in [5.74, 6) is -0.0478. The van der Waals surface area contributed by atoms with Crippen LogP contribution in [0.3, 0.4) is 0 Å². The summed E-state index contributed by atoms with van der Waals surface area (Å²) >= 11 is 0.887. The van der Waals surface area contributed by atoms with Crippen LogP contribution < -0.4 is 10.1 Å². The normalized spacial score (nSPS) is 14.2. The van der Waals surface area contributed by atoms with Crippen LogP contribution >= 0.6 is 11.8 Å². The molecule has 3 aromatic carbocycles. The Labute approximate surface area is 218 Å². The summed E-state index contributed by atoms with van der Waals surface area (Å²) in [7, 11) is 0. The molecule has 37 heavy (non-hydrogen) atoms. The number of hydrogen-bond donors (Lipinski definition) is 1. The average molecular weight is 513 g/mol. The number of thioether (sulfide) groups is 1. The first-order chi connectivity index (χ1) is 18.0. The summed E-state index contributed by atoms with van der Waals surface area (Å²) in [6.07, 6.45) is 3.68. The van der Waals surface area contributed by atoms with Gasteiger partial charge in [0.15, 0.2) is 0 Å². The minimum absolute atomic E-state index is 0.327. The molecule has 0 unspecified atom stereocenters. The van der Waals surface area contributed by atoms with E-state index in [2.05, 4.69) is 9.88 Å². The molecule has 0 atom stereocenters. The Bertz CT molecular complexity index is 1510. The monoisotopic (exact) mass is 512 g/mol. The van der Waals surface area contributed by atoms with E-state index in [1.807, 2.05) is 66.9 Å². The van der Waals surface area contributed by atoms with E-state index in [1.54, 1.807) is 25.1 Å². The highest BCUT2D eigenvalue weighted by Gasteiger charge is 2.25. The van der Waals surface area contributed by atoms with Crippen molar-refractivity contribution in [3.05, 3.63) is 106 Å². The summed E-state index contributed by atoms with van der Waals surface area (Å²) in [6.45, 7) is 3.08. The lowest BCUT2D eigenvalue weighted by molar-refractivity contribution is -0.115. The third kappa shape index (κ3) is 5.59. The zero-order valence-corrected chi connectivity index (χ0v) is 20.9. The van der Waals surface area contributed by atoms with E-state index in [0.29, 0.717) is 36.0 Å². The highest BCUT2D eigenvalue weighted by Crippen LogP contribution is 2.32. The Hall–Kier alpha value is -4.30. The summed E-state index contributed by atoms with van der Waals surface area (Å²) in [4.78, 5) is 36.2. The van der Waals surface area contributed by atoms with Gasteiger partial charge in [-0.25, -0.2) is 4.79 Å². The molecule has 1 aromatic heterocycles. The number of esters is 1. The van der Waals surface area contributed by atoms with Crippen molar-refractivity contribution in [2.24, 2.45) is 0 Å². The molecule has 4 aromatic rings. The van der Waals surface area contributed by atoms with Gasteiger partial charge in [-0.2, -0.15) is 0 Å². The van der Waals surface area contributed by atoms with Crippen molar-refractivity contribution in [2.75, 3.05) is 6.61 Å². The minimum atomic E-state index is -0.401. The zero-order chi connectivity index (χ0) is 25.8. The molecule has 0 spiro atoms. The van der Waals surface area contributed by atoms with E-state index in [-0.39, 0.29) is 11.2 Å². The number of benzene rings is 3. The van der Waals surface area contributed by atoms with Crippen molar-refractivity contribution in [3.63, 3.8) is 0 Å². The fourth-order valence-electron chi connectivity index (χ4n) is 4.10. The second-order valence-electron chi connectivity index (χ2n) is 8.44. The summed E-state index contributed by atoms with van der Waals surface area (Å²) in [6, 6.07) is 23.1. The van der Waals surface area contributed by atoms with Gasteiger partial charge < -0.3 is 14.0 Å². The van der Waals surface area contributed by atoms with Crippen LogP contribution in [0.25, 0.3) is 17.0 Å². The van der Waals surface area contributed by atoms with Gasteiger partial charge in [0, 0.05) is 29.2 Å². The Morgan fingerprint density at radius 2 is 1.78 bits per heavy atom. The Balaban J connectivity index is 1.47. The van der Waals surface area contributed by atoms with E-state index in [0.717, 1.165) is 39.4 Å². The standard InChI is InChI=1S/C29H24N2O5S/c1-2-35-28(33)21-10-8-19(9-11-21)16-31-17-22(14-26-27(32)30-29(34)37-26)24-15-23(12-13-25(24)31)36-18-20-6-4-3-5-7-20/h3-15,17H,2,16,18H2,1H3,(H,30,32,34)/b26-14+.